The van der Waals surface area contributed by atoms with Crippen molar-refractivity contribution in [2.45, 2.75) is 46.2 Å². The molecule has 0 aliphatic rings. The fourth-order valence-corrected chi connectivity index (χ4v) is 3.27. The van der Waals surface area contributed by atoms with Gasteiger partial charge in [-0.3, -0.25) is 9.58 Å². The largest absolute Gasteiger partial charge is 0.294 e. The standard InChI is InChI=1S/C13H23Br2N3/c1-5-11(6-2)18(8-7-14)9-12-13(15)10(3)16-17(12)4/h11H,5-9H2,1-4H3. The number of alkyl halides is 1. The average molecular weight is 381 g/mol. The lowest BCUT2D eigenvalue weighted by Crippen LogP contribution is -2.36. The van der Waals surface area contributed by atoms with Gasteiger partial charge < -0.3 is 0 Å². The summed E-state index contributed by atoms with van der Waals surface area (Å²) in [6.07, 6.45) is 2.38. The van der Waals surface area contributed by atoms with Crippen LogP contribution in [0.5, 0.6) is 0 Å². The number of nitrogens with zero attached hydrogens (tertiary/aromatic N) is 3. The van der Waals surface area contributed by atoms with Crippen LogP contribution in [0.15, 0.2) is 4.47 Å². The normalized spacial score (nSPS) is 11.8. The van der Waals surface area contributed by atoms with Crippen molar-refractivity contribution in [3.05, 3.63) is 15.9 Å². The lowest BCUT2D eigenvalue weighted by atomic mass is 10.1. The van der Waals surface area contributed by atoms with Gasteiger partial charge in [-0.1, -0.05) is 29.8 Å². The number of hydrogen-bond donors (Lipinski definition) is 0. The SMILES string of the molecule is CCC(CC)N(CCBr)Cc1c(Br)c(C)nn1C. The molecule has 0 saturated carbocycles. The van der Waals surface area contributed by atoms with E-state index >= 15 is 0 Å². The van der Waals surface area contributed by atoms with Gasteiger partial charge in [0.25, 0.3) is 0 Å². The quantitative estimate of drug-likeness (QED) is 0.669. The molecule has 1 rings (SSSR count). The van der Waals surface area contributed by atoms with Gasteiger partial charge in [-0.25, -0.2) is 0 Å². The summed E-state index contributed by atoms with van der Waals surface area (Å²) in [6, 6.07) is 0.643. The Balaban J connectivity index is 2.88. The molecule has 0 amide bonds. The van der Waals surface area contributed by atoms with Crippen molar-refractivity contribution in [3.63, 3.8) is 0 Å². The zero-order valence-electron chi connectivity index (χ0n) is 11.7. The molecule has 0 aliphatic heterocycles. The molecular weight excluding hydrogens is 358 g/mol. The van der Waals surface area contributed by atoms with E-state index in [0.717, 1.165) is 28.6 Å². The van der Waals surface area contributed by atoms with Crippen LogP contribution in [0, 0.1) is 6.92 Å². The van der Waals surface area contributed by atoms with Crippen LogP contribution in [-0.2, 0) is 13.6 Å². The van der Waals surface area contributed by atoms with Crippen LogP contribution in [0.1, 0.15) is 38.1 Å². The number of rotatable bonds is 7. The maximum Gasteiger partial charge on any atom is 0.0739 e. The summed E-state index contributed by atoms with van der Waals surface area (Å²) in [5, 5.41) is 5.48. The molecule has 1 aromatic rings. The minimum Gasteiger partial charge on any atom is -0.294 e. The van der Waals surface area contributed by atoms with Crippen LogP contribution >= 0.6 is 31.9 Å². The van der Waals surface area contributed by atoms with Crippen molar-refractivity contribution in [2.75, 3.05) is 11.9 Å². The van der Waals surface area contributed by atoms with Gasteiger partial charge in [-0.05, 0) is 35.7 Å². The molecule has 0 radical (unpaired) electrons. The minimum absolute atomic E-state index is 0.643. The van der Waals surface area contributed by atoms with Crippen LogP contribution in [0.4, 0.5) is 0 Å². The molecule has 3 nitrogen and oxygen atoms in total. The van der Waals surface area contributed by atoms with E-state index in [2.05, 4.69) is 55.7 Å². The molecule has 0 spiro atoms. The van der Waals surface area contributed by atoms with E-state index in [9.17, 15) is 0 Å². The summed E-state index contributed by atoms with van der Waals surface area (Å²) >= 11 is 7.21. The lowest BCUT2D eigenvalue weighted by Gasteiger charge is -2.29. The Hall–Kier alpha value is 0.130. The molecule has 18 heavy (non-hydrogen) atoms. The van der Waals surface area contributed by atoms with E-state index in [1.54, 1.807) is 0 Å². The molecule has 0 atom stereocenters. The number of hydrogen-bond acceptors (Lipinski definition) is 2. The van der Waals surface area contributed by atoms with Crippen molar-refractivity contribution in [1.29, 1.82) is 0 Å². The smallest absolute Gasteiger partial charge is 0.0739 e. The number of aromatic nitrogens is 2. The topological polar surface area (TPSA) is 21.1 Å². The first-order chi connectivity index (χ1) is 8.54. The zero-order chi connectivity index (χ0) is 13.7. The molecule has 0 N–H and O–H groups in total. The molecule has 5 heteroatoms. The van der Waals surface area contributed by atoms with E-state index in [1.807, 2.05) is 18.7 Å². The Labute approximate surface area is 127 Å². The second-order valence-electron chi connectivity index (χ2n) is 4.60. The van der Waals surface area contributed by atoms with Gasteiger partial charge in [0.1, 0.15) is 0 Å². The maximum atomic E-state index is 4.47. The van der Waals surface area contributed by atoms with E-state index in [-0.39, 0.29) is 0 Å². The lowest BCUT2D eigenvalue weighted by molar-refractivity contribution is 0.184. The first kappa shape index (κ1) is 16.2. The first-order valence-corrected chi connectivity index (χ1v) is 8.44. The molecule has 0 aliphatic carbocycles. The number of aryl methyl sites for hydroxylation is 2. The van der Waals surface area contributed by atoms with Gasteiger partial charge in [0.15, 0.2) is 0 Å². The van der Waals surface area contributed by atoms with Crippen LogP contribution in [0.3, 0.4) is 0 Å². The molecule has 1 aromatic heterocycles. The average Bonchev–Trinajstić information content (AvgIpc) is 2.57. The number of halogens is 2. The fraction of sp³-hybridized carbons (Fsp3) is 0.769. The Morgan fingerprint density at radius 3 is 2.33 bits per heavy atom. The summed E-state index contributed by atoms with van der Waals surface area (Å²) in [7, 11) is 2.02. The van der Waals surface area contributed by atoms with Crippen LogP contribution in [0.25, 0.3) is 0 Å². The van der Waals surface area contributed by atoms with Crippen LogP contribution in [0.2, 0.25) is 0 Å². The molecule has 1 heterocycles. The van der Waals surface area contributed by atoms with Crippen molar-refractivity contribution in [3.8, 4) is 0 Å². The van der Waals surface area contributed by atoms with Crippen LogP contribution in [-0.4, -0.2) is 32.6 Å². The van der Waals surface area contributed by atoms with Gasteiger partial charge in [-0.15, -0.1) is 0 Å². The summed E-state index contributed by atoms with van der Waals surface area (Å²) in [6.45, 7) is 8.59. The van der Waals surface area contributed by atoms with Gasteiger partial charge in [0.05, 0.1) is 15.9 Å². The van der Waals surface area contributed by atoms with Crippen molar-refractivity contribution in [1.82, 2.24) is 14.7 Å². The zero-order valence-corrected chi connectivity index (χ0v) is 14.9. The maximum absolute atomic E-state index is 4.47. The van der Waals surface area contributed by atoms with Crippen molar-refractivity contribution in [2.24, 2.45) is 7.05 Å². The Morgan fingerprint density at radius 1 is 1.33 bits per heavy atom. The molecule has 104 valence electrons. The van der Waals surface area contributed by atoms with Gasteiger partial charge in [0.2, 0.25) is 0 Å². The van der Waals surface area contributed by atoms with Crippen molar-refractivity contribution < 1.29 is 0 Å². The van der Waals surface area contributed by atoms with Gasteiger partial charge in [0, 0.05) is 31.5 Å². The second-order valence-corrected chi connectivity index (χ2v) is 6.19. The predicted octanol–water partition coefficient (Wildman–Crippen LogP) is 3.88. The molecule has 0 saturated heterocycles. The highest BCUT2D eigenvalue weighted by atomic mass is 79.9. The highest BCUT2D eigenvalue weighted by Crippen LogP contribution is 2.23. The van der Waals surface area contributed by atoms with E-state index in [4.69, 9.17) is 0 Å². The van der Waals surface area contributed by atoms with Gasteiger partial charge >= 0.3 is 0 Å². The third kappa shape index (κ3) is 3.81. The Morgan fingerprint density at radius 2 is 1.94 bits per heavy atom. The highest BCUT2D eigenvalue weighted by Gasteiger charge is 2.19. The van der Waals surface area contributed by atoms with Crippen molar-refractivity contribution >= 4 is 31.9 Å². The highest BCUT2D eigenvalue weighted by molar-refractivity contribution is 9.10. The monoisotopic (exact) mass is 379 g/mol. The molecule has 0 unspecified atom stereocenters. The molecule has 0 aromatic carbocycles. The van der Waals surface area contributed by atoms with Crippen LogP contribution < -0.4 is 0 Å². The Bertz CT molecular complexity index is 373. The summed E-state index contributed by atoms with van der Waals surface area (Å²) < 4.78 is 3.14. The molecule has 0 bridgehead atoms. The summed E-state index contributed by atoms with van der Waals surface area (Å²) in [4.78, 5) is 2.54. The molecule has 0 fully saturated rings. The first-order valence-electron chi connectivity index (χ1n) is 6.53. The molecular formula is C13H23Br2N3. The third-order valence-corrected chi connectivity index (χ3v) is 4.83. The minimum atomic E-state index is 0.643. The third-order valence-electron chi connectivity index (χ3n) is 3.45. The Kier molecular flexibility index (Phi) is 6.88. The second kappa shape index (κ2) is 7.65. The van der Waals surface area contributed by atoms with E-state index < -0.39 is 0 Å². The fourth-order valence-electron chi connectivity index (χ4n) is 2.35. The van der Waals surface area contributed by atoms with E-state index in [0.29, 0.717) is 6.04 Å². The van der Waals surface area contributed by atoms with E-state index in [1.165, 1.54) is 18.5 Å². The predicted molar refractivity (Wildman–Crippen MR) is 84.2 cm³/mol. The van der Waals surface area contributed by atoms with Gasteiger partial charge in [-0.2, -0.15) is 5.10 Å². The summed E-state index contributed by atoms with van der Waals surface area (Å²) in [5.41, 5.74) is 2.33. The summed E-state index contributed by atoms with van der Waals surface area (Å²) in [5.74, 6) is 0.